The van der Waals surface area contributed by atoms with Crippen LogP contribution in [0, 0.1) is 0 Å². The first kappa shape index (κ1) is 13.1. The molecule has 0 atom stereocenters. The summed E-state index contributed by atoms with van der Waals surface area (Å²) in [5.74, 6) is 0.873. The lowest BCUT2D eigenvalue weighted by atomic mass is 10.0. The van der Waals surface area contributed by atoms with E-state index in [1.165, 1.54) is 18.4 Å². The molecule has 2 fully saturated rings. The van der Waals surface area contributed by atoms with E-state index in [2.05, 4.69) is 20.5 Å². The van der Waals surface area contributed by atoms with Crippen molar-refractivity contribution in [3.05, 3.63) is 29.5 Å². The molecule has 0 radical (unpaired) electrons. The lowest BCUT2D eigenvalue weighted by molar-refractivity contribution is -0.112. The molecule has 0 bridgehead atoms. The third kappa shape index (κ3) is 2.54. The number of carbonyl (C=O) groups excluding carboxylic acids is 1. The number of aromatic nitrogens is 1. The minimum atomic E-state index is -0.0186. The Bertz CT molecular complexity index is 541. The largest absolute Gasteiger partial charge is 0.355 e. The van der Waals surface area contributed by atoms with Crippen molar-refractivity contribution in [2.75, 3.05) is 36.4 Å². The average molecular weight is 272 g/mol. The minimum absolute atomic E-state index is 0.0186. The van der Waals surface area contributed by atoms with E-state index < -0.39 is 0 Å². The number of amides is 1. The molecule has 0 spiro atoms. The Morgan fingerprint density at radius 3 is 2.75 bits per heavy atom. The smallest absolute Gasteiger partial charge is 0.251 e. The molecule has 0 unspecified atom stereocenters. The topological polar surface area (TPSA) is 57.3 Å². The molecule has 5 nitrogen and oxygen atoms in total. The molecule has 1 aromatic rings. The van der Waals surface area contributed by atoms with Gasteiger partial charge in [-0.2, -0.15) is 0 Å². The van der Waals surface area contributed by atoms with Gasteiger partial charge in [0.25, 0.3) is 5.91 Å². The molecule has 0 aliphatic carbocycles. The summed E-state index contributed by atoms with van der Waals surface area (Å²) in [6, 6.07) is 3.79. The van der Waals surface area contributed by atoms with Crippen LogP contribution in [0.1, 0.15) is 19.8 Å². The van der Waals surface area contributed by atoms with Crippen LogP contribution in [0.3, 0.4) is 0 Å². The maximum Gasteiger partial charge on any atom is 0.251 e. The van der Waals surface area contributed by atoms with Crippen molar-refractivity contribution in [3.63, 3.8) is 0 Å². The normalized spacial score (nSPS) is 17.9. The summed E-state index contributed by atoms with van der Waals surface area (Å²) in [6.45, 7) is 5.57. The molecule has 1 amide bonds. The molecule has 106 valence electrons. The molecule has 1 aromatic heterocycles. The quantitative estimate of drug-likeness (QED) is 0.820. The molecule has 2 saturated heterocycles. The van der Waals surface area contributed by atoms with Crippen LogP contribution in [0.5, 0.6) is 0 Å². The van der Waals surface area contributed by atoms with Gasteiger partial charge in [-0.05, 0) is 37.5 Å². The van der Waals surface area contributed by atoms with Crippen molar-refractivity contribution in [1.82, 2.24) is 10.3 Å². The maximum atomic E-state index is 12.3. The molecular formula is C15H20N4O. The first-order valence-electron chi connectivity index (χ1n) is 7.16. The van der Waals surface area contributed by atoms with Crippen LogP contribution in [0.25, 0.3) is 0 Å². The highest BCUT2D eigenvalue weighted by Crippen LogP contribution is 2.26. The molecule has 5 heteroatoms. The predicted molar refractivity (Wildman–Crippen MR) is 79.9 cm³/mol. The van der Waals surface area contributed by atoms with Gasteiger partial charge in [-0.25, -0.2) is 4.98 Å². The summed E-state index contributed by atoms with van der Waals surface area (Å²) < 4.78 is 0. The lowest BCUT2D eigenvalue weighted by Crippen LogP contribution is -2.36. The molecule has 20 heavy (non-hydrogen) atoms. The van der Waals surface area contributed by atoms with E-state index in [0.717, 1.165) is 43.3 Å². The fraction of sp³-hybridized carbons (Fsp3) is 0.467. The van der Waals surface area contributed by atoms with E-state index >= 15 is 0 Å². The molecule has 0 saturated carbocycles. The number of anilines is 2. The van der Waals surface area contributed by atoms with Crippen LogP contribution >= 0.6 is 0 Å². The van der Waals surface area contributed by atoms with Gasteiger partial charge in [-0.3, -0.25) is 4.79 Å². The zero-order valence-corrected chi connectivity index (χ0v) is 11.8. The summed E-state index contributed by atoms with van der Waals surface area (Å²) in [4.78, 5) is 18.9. The van der Waals surface area contributed by atoms with Gasteiger partial charge in [0.2, 0.25) is 0 Å². The van der Waals surface area contributed by atoms with Crippen LogP contribution in [0.15, 0.2) is 29.5 Å². The maximum absolute atomic E-state index is 12.3. The zero-order valence-electron chi connectivity index (χ0n) is 11.8. The number of carbonyl (C=O) groups is 1. The Hall–Kier alpha value is -1.88. The summed E-state index contributed by atoms with van der Waals surface area (Å²) in [6.07, 6.45) is 4.17. The molecule has 3 rings (SSSR count). The van der Waals surface area contributed by atoms with Crippen molar-refractivity contribution < 1.29 is 4.79 Å². The molecule has 3 heterocycles. The summed E-state index contributed by atoms with van der Waals surface area (Å²) in [7, 11) is 0. The number of nitrogens with zero attached hydrogens (tertiary/aromatic N) is 2. The number of rotatable bonds is 3. The van der Waals surface area contributed by atoms with Gasteiger partial charge >= 0.3 is 0 Å². The molecular weight excluding hydrogens is 252 g/mol. The van der Waals surface area contributed by atoms with Crippen LogP contribution < -0.4 is 15.5 Å². The number of pyridine rings is 1. The minimum Gasteiger partial charge on any atom is -0.355 e. The van der Waals surface area contributed by atoms with Gasteiger partial charge < -0.3 is 15.5 Å². The monoisotopic (exact) mass is 272 g/mol. The first-order valence-corrected chi connectivity index (χ1v) is 7.16. The van der Waals surface area contributed by atoms with Gasteiger partial charge in [0.05, 0.1) is 5.69 Å². The van der Waals surface area contributed by atoms with E-state index in [1.807, 2.05) is 19.1 Å². The van der Waals surface area contributed by atoms with Crippen molar-refractivity contribution in [2.45, 2.75) is 19.8 Å². The number of hydrogen-bond donors (Lipinski definition) is 2. The zero-order chi connectivity index (χ0) is 13.9. The summed E-state index contributed by atoms with van der Waals surface area (Å²) in [5.41, 5.74) is 2.82. The third-order valence-corrected chi connectivity index (χ3v) is 3.99. The highest BCUT2D eigenvalue weighted by atomic mass is 16.1. The van der Waals surface area contributed by atoms with E-state index in [4.69, 9.17) is 0 Å². The number of nitrogens with one attached hydrogen (secondary N) is 2. The van der Waals surface area contributed by atoms with E-state index in [9.17, 15) is 4.79 Å². The Labute approximate surface area is 119 Å². The molecule has 2 aliphatic heterocycles. The second-order valence-electron chi connectivity index (χ2n) is 5.35. The Morgan fingerprint density at radius 2 is 2.10 bits per heavy atom. The van der Waals surface area contributed by atoms with Crippen LogP contribution in [-0.4, -0.2) is 37.1 Å². The van der Waals surface area contributed by atoms with E-state index in [-0.39, 0.29) is 5.91 Å². The van der Waals surface area contributed by atoms with Crippen molar-refractivity contribution in [2.24, 2.45) is 0 Å². The second-order valence-corrected chi connectivity index (χ2v) is 5.35. The molecule has 0 aromatic carbocycles. The SMILES string of the molecule is CC(C(=O)Nc1cccnc1N1CCCC1)=C1CNC1. The highest BCUT2D eigenvalue weighted by Gasteiger charge is 2.20. The van der Waals surface area contributed by atoms with Gasteiger partial charge in [0.1, 0.15) is 0 Å². The van der Waals surface area contributed by atoms with Crippen LogP contribution in [-0.2, 0) is 4.79 Å². The van der Waals surface area contributed by atoms with Gasteiger partial charge in [-0.15, -0.1) is 0 Å². The Balaban J connectivity index is 1.78. The van der Waals surface area contributed by atoms with Crippen molar-refractivity contribution >= 4 is 17.4 Å². The fourth-order valence-electron chi connectivity index (χ4n) is 2.57. The summed E-state index contributed by atoms with van der Waals surface area (Å²) in [5, 5.41) is 6.17. The molecule has 2 aliphatic rings. The third-order valence-electron chi connectivity index (χ3n) is 3.99. The van der Waals surface area contributed by atoms with Crippen LogP contribution in [0.2, 0.25) is 0 Å². The van der Waals surface area contributed by atoms with Crippen molar-refractivity contribution in [3.8, 4) is 0 Å². The van der Waals surface area contributed by atoms with Gasteiger partial charge in [0, 0.05) is 37.9 Å². The summed E-state index contributed by atoms with van der Waals surface area (Å²) >= 11 is 0. The Kier molecular flexibility index (Phi) is 3.69. The van der Waals surface area contributed by atoms with E-state index in [0.29, 0.717) is 0 Å². The lowest BCUT2D eigenvalue weighted by Gasteiger charge is -2.23. The fourth-order valence-corrected chi connectivity index (χ4v) is 2.57. The van der Waals surface area contributed by atoms with Crippen molar-refractivity contribution in [1.29, 1.82) is 0 Å². The van der Waals surface area contributed by atoms with Gasteiger partial charge in [0.15, 0.2) is 5.82 Å². The second kappa shape index (κ2) is 5.63. The standard InChI is InChI=1S/C15H20N4O/c1-11(12-9-16-10-12)15(20)18-13-5-4-6-17-14(13)19-7-2-3-8-19/h4-6,16H,2-3,7-10H2,1H3,(H,18,20). The highest BCUT2D eigenvalue weighted by molar-refractivity contribution is 6.05. The first-order chi connectivity index (χ1) is 9.75. The van der Waals surface area contributed by atoms with Gasteiger partial charge in [-0.1, -0.05) is 0 Å². The van der Waals surface area contributed by atoms with Crippen LogP contribution in [0.4, 0.5) is 11.5 Å². The molecule has 2 N–H and O–H groups in total. The predicted octanol–water partition coefficient (Wildman–Crippen LogP) is 1.54. The average Bonchev–Trinajstić information content (AvgIpc) is 2.91. The Morgan fingerprint density at radius 1 is 1.35 bits per heavy atom. The van der Waals surface area contributed by atoms with E-state index in [1.54, 1.807) is 6.20 Å². The number of hydrogen-bond acceptors (Lipinski definition) is 4.